The second kappa shape index (κ2) is 6.23. The van der Waals surface area contributed by atoms with Crippen LogP contribution in [-0.2, 0) is 6.42 Å². The zero-order valence-corrected chi connectivity index (χ0v) is 9.85. The van der Waals surface area contributed by atoms with Gasteiger partial charge in [-0.1, -0.05) is 12.5 Å². The first-order chi connectivity index (χ1) is 7.69. The van der Waals surface area contributed by atoms with Gasteiger partial charge in [0, 0.05) is 11.1 Å². The molecule has 1 rings (SSSR count). The van der Waals surface area contributed by atoms with E-state index < -0.39 is 7.25 Å². The van der Waals surface area contributed by atoms with Crippen molar-refractivity contribution in [1.29, 1.82) is 5.39 Å². The fourth-order valence-electron chi connectivity index (χ4n) is 1.46. The van der Waals surface area contributed by atoms with Crippen molar-refractivity contribution >= 4 is 12.9 Å². The Morgan fingerprint density at radius 1 is 1.18 bits per heavy atom. The molecule has 0 amide bonds. The second-order valence-corrected chi connectivity index (χ2v) is 3.54. The molecule has 0 saturated heterocycles. The topological polar surface area (TPSA) is 28.1 Å². The van der Waals surface area contributed by atoms with Gasteiger partial charge in [0.05, 0.1) is 0 Å². The van der Waals surface area contributed by atoms with Crippen molar-refractivity contribution in [3.63, 3.8) is 0 Å². The molecule has 0 atom stereocenters. The van der Waals surface area contributed by atoms with E-state index in [-0.39, 0.29) is 0 Å². The largest absolute Gasteiger partial charge is 0.673 e. The zero-order chi connectivity index (χ0) is 13.6. The molecule has 1 aromatic carbocycles. The van der Waals surface area contributed by atoms with Crippen molar-refractivity contribution in [3.8, 4) is 0 Å². The Morgan fingerprint density at radius 3 is 2.00 bits per heavy atom. The maximum absolute atomic E-state index is 9.75. The van der Waals surface area contributed by atoms with Crippen LogP contribution in [0.25, 0.3) is 4.98 Å². The molecule has 1 aromatic rings. The zero-order valence-electron chi connectivity index (χ0n) is 9.85. The fraction of sp³-hybridized carbons (Fsp3) is 0.400. The van der Waals surface area contributed by atoms with E-state index in [0.29, 0.717) is 0 Å². The van der Waals surface area contributed by atoms with Gasteiger partial charge in [0.1, 0.15) is 0 Å². The number of diazo groups is 1. The Kier molecular flexibility index (Phi) is 5.65. The maximum atomic E-state index is 9.75. The molecule has 94 valence electrons. The molecule has 0 saturated carbocycles. The van der Waals surface area contributed by atoms with Gasteiger partial charge in [0.15, 0.2) is 4.98 Å². The van der Waals surface area contributed by atoms with Crippen molar-refractivity contribution in [1.82, 2.24) is 0 Å². The van der Waals surface area contributed by atoms with E-state index in [4.69, 9.17) is 5.39 Å². The molecule has 0 fully saturated rings. The van der Waals surface area contributed by atoms with E-state index in [9.17, 15) is 17.3 Å². The summed E-state index contributed by atoms with van der Waals surface area (Å²) >= 11 is 0. The van der Waals surface area contributed by atoms with Crippen LogP contribution in [0, 0.1) is 19.2 Å². The predicted octanol–water partition coefficient (Wildman–Crippen LogP) is 4.65. The number of benzene rings is 1. The Morgan fingerprint density at radius 2 is 1.65 bits per heavy atom. The summed E-state index contributed by atoms with van der Waals surface area (Å²) in [6, 6.07) is 4.08. The summed E-state index contributed by atoms with van der Waals surface area (Å²) in [7, 11) is -6.00. The first kappa shape index (κ1) is 15.4. The van der Waals surface area contributed by atoms with E-state index in [1.807, 2.05) is 19.9 Å². The van der Waals surface area contributed by atoms with Crippen molar-refractivity contribution < 1.29 is 17.3 Å². The standard InChI is InChI=1S/C10H13N2.BF4/c1-4-9-6-7(2)5-8(3)10(9)12-11;2-1(3,4)5/h5-6H,4H2,1-3H3;/q+1;-1. The van der Waals surface area contributed by atoms with Crippen LogP contribution >= 0.6 is 0 Å². The van der Waals surface area contributed by atoms with Crippen molar-refractivity contribution in [2.24, 2.45) is 0 Å². The van der Waals surface area contributed by atoms with E-state index in [2.05, 4.69) is 18.0 Å². The molecule has 0 heterocycles. The van der Waals surface area contributed by atoms with Crippen LogP contribution in [0.4, 0.5) is 23.0 Å². The first-order valence-electron chi connectivity index (χ1n) is 5.01. The lowest BCUT2D eigenvalue weighted by Gasteiger charge is -1.97. The summed E-state index contributed by atoms with van der Waals surface area (Å²) in [6.07, 6.45) is 0.905. The molecular formula is C10H13BF4N2. The predicted molar refractivity (Wildman–Crippen MR) is 60.2 cm³/mol. The number of nitrogens with zero attached hydrogens (tertiary/aromatic N) is 2. The van der Waals surface area contributed by atoms with Gasteiger partial charge in [0.25, 0.3) is 0 Å². The minimum atomic E-state index is -6.00. The number of aryl methyl sites for hydroxylation is 3. The van der Waals surface area contributed by atoms with E-state index >= 15 is 0 Å². The second-order valence-electron chi connectivity index (χ2n) is 3.54. The molecule has 17 heavy (non-hydrogen) atoms. The van der Waals surface area contributed by atoms with Gasteiger partial charge in [-0.2, -0.15) is 0 Å². The summed E-state index contributed by atoms with van der Waals surface area (Å²) in [5.41, 5.74) is 4.09. The van der Waals surface area contributed by atoms with Crippen molar-refractivity contribution in [2.75, 3.05) is 0 Å². The van der Waals surface area contributed by atoms with Crippen LogP contribution in [0.3, 0.4) is 0 Å². The highest BCUT2D eigenvalue weighted by Gasteiger charge is 2.20. The molecule has 7 heteroatoms. The van der Waals surface area contributed by atoms with Gasteiger partial charge in [-0.3, -0.25) is 0 Å². The molecule has 0 N–H and O–H groups in total. The fourth-order valence-corrected chi connectivity index (χ4v) is 1.46. The monoisotopic (exact) mass is 248 g/mol. The van der Waals surface area contributed by atoms with Gasteiger partial charge < -0.3 is 17.3 Å². The third-order valence-corrected chi connectivity index (χ3v) is 2.00. The van der Waals surface area contributed by atoms with Crippen LogP contribution in [0.15, 0.2) is 12.1 Å². The summed E-state index contributed by atoms with van der Waals surface area (Å²) in [4.78, 5) is 3.28. The van der Waals surface area contributed by atoms with Crippen LogP contribution < -0.4 is 0 Å². The normalized spacial score (nSPS) is 10.2. The van der Waals surface area contributed by atoms with E-state index in [0.717, 1.165) is 23.2 Å². The van der Waals surface area contributed by atoms with Crippen LogP contribution in [-0.4, -0.2) is 7.25 Å². The lowest BCUT2D eigenvalue weighted by atomic mass is 10.0. The molecular weight excluding hydrogens is 235 g/mol. The van der Waals surface area contributed by atoms with E-state index in [1.54, 1.807) is 0 Å². The number of hydrogen-bond acceptors (Lipinski definition) is 1. The number of hydrogen-bond donors (Lipinski definition) is 0. The van der Waals surface area contributed by atoms with Crippen LogP contribution in [0.1, 0.15) is 23.6 Å². The SMILES string of the molecule is CCc1cc(C)cc(C)c1[N+]#N.F[B-](F)(F)F. The van der Waals surface area contributed by atoms with Gasteiger partial charge >= 0.3 is 12.9 Å². The van der Waals surface area contributed by atoms with Crippen molar-refractivity contribution in [3.05, 3.63) is 33.8 Å². The summed E-state index contributed by atoms with van der Waals surface area (Å²) in [5, 5.41) is 8.75. The number of halogens is 4. The molecule has 0 unspecified atom stereocenters. The van der Waals surface area contributed by atoms with Crippen LogP contribution in [0.2, 0.25) is 0 Å². The molecule has 0 aromatic heterocycles. The third kappa shape index (κ3) is 6.56. The molecule has 0 aliphatic heterocycles. The first-order valence-corrected chi connectivity index (χ1v) is 5.01. The lowest BCUT2D eigenvalue weighted by molar-refractivity contribution is 0.368. The smallest absolute Gasteiger partial charge is 0.418 e. The minimum Gasteiger partial charge on any atom is -0.418 e. The average Bonchev–Trinajstić information content (AvgIpc) is 2.13. The summed E-state index contributed by atoms with van der Waals surface area (Å²) < 4.78 is 39.0. The quantitative estimate of drug-likeness (QED) is 0.403. The highest BCUT2D eigenvalue weighted by Crippen LogP contribution is 2.25. The van der Waals surface area contributed by atoms with Crippen LogP contribution in [0.5, 0.6) is 0 Å². The minimum absolute atomic E-state index is 0.725. The molecule has 0 aliphatic rings. The highest BCUT2D eigenvalue weighted by atomic mass is 19.5. The maximum Gasteiger partial charge on any atom is 0.673 e. The molecule has 0 aliphatic carbocycles. The lowest BCUT2D eigenvalue weighted by Crippen LogP contribution is -2.02. The van der Waals surface area contributed by atoms with Crippen molar-refractivity contribution in [2.45, 2.75) is 27.2 Å². The van der Waals surface area contributed by atoms with Gasteiger partial charge in [-0.05, 0) is 32.4 Å². The summed E-state index contributed by atoms with van der Waals surface area (Å²) in [6.45, 7) is 6.07. The Balaban J connectivity index is 0.000000437. The van der Waals surface area contributed by atoms with Gasteiger partial charge in [0.2, 0.25) is 5.39 Å². The molecule has 0 bridgehead atoms. The molecule has 0 radical (unpaired) electrons. The number of rotatable bonds is 1. The molecule has 0 spiro atoms. The van der Waals surface area contributed by atoms with Gasteiger partial charge in [-0.25, -0.2) is 0 Å². The van der Waals surface area contributed by atoms with Gasteiger partial charge in [-0.15, -0.1) is 0 Å². The Hall–Kier alpha value is -1.58. The Labute approximate surface area is 97.4 Å². The molecule has 2 nitrogen and oxygen atoms in total. The average molecular weight is 248 g/mol. The summed E-state index contributed by atoms with van der Waals surface area (Å²) in [5.74, 6) is 0. The third-order valence-electron chi connectivity index (χ3n) is 2.00. The highest BCUT2D eigenvalue weighted by molar-refractivity contribution is 6.50. The Bertz CT molecular complexity index is 418. The van der Waals surface area contributed by atoms with E-state index in [1.165, 1.54) is 5.56 Å².